The second kappa shape index (κ2) is 65.1. The third-order valence-corrected chi connectivity index (χ3v) is 13.4. The summed E-state index contributed by atoms with van der Waals surface area (Å²) in [6.45, 7) is 6.39. The van der Waals surface area contributed by atoms with Crippen LogP contribution < -0.4 is 0 Å². The van der Waals surface area contributed by atoms with Crippen LogP contribution in [-0.2, 0) is 28.6 Å². The third-order valence-electron chi connectivity index (χ3n) is 13.4. The highest BCUT2D eigenvalue weighted by Crippen LogP contribution is 2.15. The van der Waals surface area contributed by atoms with Gasteiger partial charge in [-0.25, -0.2) is 0 Å². The quantitative estimate of drug-likeness (QED) is 0.0261. The van der Waals surface area contributed by atoms with Gasteiger partial charge in [0.1, 0.15) is 13.2 Å². The minimum atomic E-state index is -0.796. The number of ether oxygens (including phenoxy) is 3. The molecule has 0 spiro atoms. The molecule has 0 aliphatic rings. The molecule has 6 heteroatoms. The zero-order valence-corrected chi connectivity index (χ0v) is 50.6. The monoisotopic (exact) mass is 1080 g/mol. The summed E-state index contributed by atoms with van der Waals surface area (Å²) in [5.41, 5.74) is 0. The van der Waals surface area contributed by atoms with E-state index in [-0.39, 0.29) is 31.1 Å². The SMILES string of the molecule is CC/C=C\C/C=C\C/C=C\C/C=C\C/C=C\C/C=C\C/C=C\CCCCCCCCCCCC(=O)OCC(COC(=O)CCCCCCCCCCCCCC)OC(=O)CCCCCC/C=C\C/C=C\C/C=C\C/C=C\CC. The van der Waals surface area contributed by atoms with Crippen LogP contribution in [0.15, 0.2) is 134 Å². The van der Waals surface area contributed by atoms with E-state index in [1.165, 1.54) is 96.3 Å². The Morgan fingerprint density at radius 3 is 0.782 bits per heavy atom. The van der Waals surface area contributed by atoms with Crippen molar-refractivity contribution in [3.63, 3.8) is 0 Å². The van der Waals surface area contributed by atoms with Gasteiger partial charge in [-0.1, -0.05) is 283 Å². The van der Waals surface area contributed by atoms with Crippen LogP contribution in [0.1, 0.15) is 284 Å². The number of esters is 3. The van der Waals surface area contributed by atoms with Crippen LogP contribution in [0.25, 0.3) is 0 Å². The van der Waals surface area contributed by atoms with Crippen LogP contribution in [0.5, 0.6) is 0 Å². The predicted octanol–water partition coefficient (Wildman–Crippen LogP) is 22.2. The van der Waals surface area contributed by atoms with Crippen molar-refractivity contribution in [1.82, 2.24) is 0 Å². The predicted molar refractivity (Wildman–Crippen MR) is 339 cm³/mol. The second-order valence-electron chi connectivity index (χ2n) is 20.9. The molecule has 0 N–H and O–H groups in total. The van der Waals surface area contributed by atoms with Crippen molar-refractivity contribution in [1.29, 1.82) is 0 Å². The maximum Gasteiger partial charge on any atom is 0.306 e. The highest BCUT2D eigenvalue weighted by Gasteiger charge is 2.19. The van der Waals surface area contributed by atoms with Gasteiger partial charge in [-0.05, 0) is 116 Å². The van der Waals surface area contributed by atoms with E-state index in [0.29, 0.717) is 19.3 Å². The molecule has 0 heterocycles. The average molecular weight is 1080 g/mol. The van der Waals surface area contributed by atoms with Gasteiger partial charge in [0.15, 0.2) is 6.10 Å². The summed E-state index contributed by atoms with van der Waals surface area (Å²) >= 11 is 0. The Bertz CT molecular complexity index is 1670. The number of hydrogen-bond donors (Lipinski definition) is 0. The molecule has 0 aromatic carbocycles. The molecule has 0 saturated heterocycles. The number of hydrogen-bond acceptors (Lipinski definition) is 6. The van der Waals surface area contributed by atoms with Crippen molar-refractivity contribution < 1.29 is 28.6 Å². The fourth-order valence-electron chi connectivity index (χ4n) is 8.65. The first-order valence-corrected chi connectivity index (χ1v) is 32.2. The van der Waals surface area contributed by atoms with Gasteiger partial charge < -0.3 is 14.2 Å². The lowest BCUT2D eigenvalue weighted by molar-refractivity contribution is -0.167. The highest BCUT2D eigenvalue weighted by atomic mass is 16.6. The summed E-state index contributed by atoms with van der Waals surface area (Å²) in [5, 5.41) is 0. The Kier molecular flexibility index (Phi) is 61.4. The summed E-state index contributed by atoms with van der Waals surface area (Å²) < 4.78 is 16.9. The van der Waals surface area contributed by atoms with Gasteiger partial charge in [0.2, 0.25) is 0 Å². The number of rotatable bonds is 57. The molecule has 0 aromatic rings. The molecule has 0 aliphatic carbocycles. The van der Waals surface area contributed by atoms with Crippen molar-refractivity contribution in [2.45, 2.75) is 290 Å². The van der Waals surface area contributed by atoms with E-state index in [9.17, 15) is 14.4 Å². The molecule has 1 atom stereocenters. The van der Waals surface area contributed by atoms with Crippen molar-refractivity contribution >= 4 is 17.9 Å². The molecule has 0 fully saturated rings. The van der Waals surface area contributed by atoms with Gasteiger partial charge in [0.05, 0.1) is 0 Å². The maximum atomic E-state index is 12.9. The van der Waals surface area contributed by atoms with Crippen LogP contribution in [0.2, 0.25) is 0 Å². The maximum absolute atomic E-state index is 12.9. The standard InChI is InChI=1S/C72H118O6/c1-4-7-10-13-16-19-22-25-27-29-30-31-32-33-34-35-36-37-38-39-40-41-42-44-45-47-50-53-56-59-62-65-71(74)77-68-69(67-76-70(73)64-61-58-55-52-49-24-21-18-15-12-9-6-3)78-72(75)66-63-60-57-54-51-48-46-43-28-26-23-20-17-14-11-8-5-2/h7-8,10-11,16-17,19-20,25-28,30-31,33-34,36-37,39-40,46,48,69H,4-6,9,12-15,18,21-24,29,32,35,38,41-45,47,49-68H2,1-3H3/b10-7-,11-8-,19-16-,20-17-,27-25-,28-26-,31-30-,34-33-,37-36-,40-39-,48-46-. The van der Waals surface area contributed by atoms with E-state index in [4.69, 9.17) is 14.2 Å². The Labute approximate surface area is 481 Å². The first-order chi connectivity index (χ1) is 38.5. The Balaban J connectivity index is 4.30. The van der Waals surface area contributed by atoms with Crippen LogP contribution in [-0.4, -0.2) is 37.2 Å². The molecule has 0 rings (SSSR count). The van der Waals surface area contributed by atoms with Gasteiger partial charge in [0, 0.05) is 19.3 Å². The molecular formula is C72H118O6. The van der Waals surface area contributed by atoms with Crippen molar-refractivity contribution in [3.8, 4) is 0 Å². The smallest absolute Gasteiger partial charge is 0.306 e. The summed E-state index contributed by atoms with van der Waals surface area (Å²) in [6, 6.07) is 0. The Hall–Kier alpha value is -4.45. The highest BCUT2D eigenvalue weighted by molar-refractivity contribution is 5.71. The average Bonchev–Trinajstić information content (AvgIpc) is 3.44. The molecule has 1 unspecified atom stereocenters. The van der Waals surface area contributed by atoms with Gasteiger partial charge in [-0.2, -0.15) is 0 Å². The van der Waals surface area contributed by atoms with Gasteiger partial charge in [-0.3, -0.25) is 14.4 Å². The molecule has 0 aliphatic heterocycles. The van der Waals surface area contributed by atoms with E-state index < -0.39 is 6.10 Å². The Morgan fingerprint density at radius 2 is 0.500 bits per heavy atom. The van der Waals surface area contributed by atoms with Gasteiger partial charge in [-0.15, -0.1) is 0 Å². The van der Waals surface area contributed by atoms with Crippen LogP contribution in [0.4, 0.5) is 0 Å². The molecule has 0 amide bonds. The first kappa shape index (κ1) is 73.5. The minimum absolute atomic E-state index is 0.0905. The lowest BCUT2D eigenvalue weighted by Crippen LogP contribution is -2.30. The van der Waals surface area contributed by atoms with E-state index in [2.05, 4.69) is 154 Å². The molecule has 0 aromatic heterocycles. The number of carbonyl (C=O) groups excluding carboxylic acids is 3. The zero-order chi connectivity index (χ0) is 56.4. The van der Waals surface area contributed by atoms with Crippen LogP contribution in [0, 0.1) is 0 Å². The second-order valence-corrected chi connectivity index (χ2v) is 20.9. The van der Waals surface area contributed by atoms with Crippen LogP contribution in [0.3, 0.4) is 0 Å². The fourth-order valence-corrected chi connectivity index (χ4v) is 8.65. The first-order valence-electron chi connectivity index (χ1n) is 32.2. The third kappa shape index (κ3) is 62.4. The van der Waals surface area contributed by atoms with E-state index in [0.717, 1.165) is 148 Å². The molecule has 0 radical (unpaired) electrons. The molecule has 0 bridgehead atoms. The molecule has 442 valence electrons. The topological polar surface area (TPSA) is 78.9 Å². The molecule has 0 saturated carbocycles. The normalized spacial score (nSPS) is 13.0. The van der Waals surface area contributed by atoms with Crippen molar-refractivity contribution in [2.75, 3.05) is 13.2 Å². The van der Waals surface area contributed by atoms with Crippen molar-refractivity contribution in [2.24, 2.45) is 0 Å². The van der Waals surface area contributed by atoms with Gasteiger partial charge >= 0.3 is 17.9 Å². The lowest BCUT2D eigenvalue weighted by atomic mass is 10.0. The zero-order valence-electron chi connectivity index (χ0n) is 50.6. The summed E-state index contributed by atoms with van der Waals surface area (Å²) in [6.07, 6.45) is 91.7. The molecule has 6 nitrogen and oxygen atoms in total. The lowest BCUT2D eigenvalue weighted by Gasteiger charge is -2.18. The van der Waals surface area contributed by atoms with Gasteiger partial charge in [0.25, 0.3) is 0 Å². The largest absolute Gasteiger partial charge is 0.462 e. The van der Waals surface area contributed by atoms with E-state index in [1.54, 1.807) is 0 Å². The molecule has 78 heavy (non-hydrogen) atoms. The summed E-state index contributed by atoms with van der Waals surface area (Å²) in [5.74, 6) is -0.918. The summed E-state index contributed by atoms with van der Waals surface area (Å²) in [7, 11) is 0. The Morgan fingerprint density at radius 1 is 0.269 bits per heavy atom. The fraction of sp³-hybridized carbons (Fsp3) is 0.653. The van der Waals surface area contributed by atoms with E-state index in [1.807, 2.05) is 0 Å². The van der Waals surface area contributed by atoms with Crippen molar-refractivity contribution in [3.05, 3.63) is 134 Å². The summed E-state index contributed by atoms with van der Waals surface area (Å²) in [4.78, 5) is 38.3. The molecular weight excluding hydrogens is 961 g/mol. The number of allylic oxidation sites excluding steroid dienone is 22. The minimum Gasteiger partial charge on any atom is -0.462 e. The number of carbonyl (C=O) groups is 3. The number of unbranched alkanes of at least 4 members (excludes halogenated alkanes) is 24. The van der Waals surface area contributed by atoms with E-state index >= 15 is 0 Å². The van der Waals surface area contributed by atoms with Crippen LogP contribution >= 0.6 is 0 Å².